The normalized spacial score (nSPS) is 16.5. The van der Waals surface area contributed by atoms with Crippen molar-refractivity contribution < 1.29 is 32.2 Å². The molecule has 2 amide bonds. The Morgan fingerprint density at radius 1 is 1.42 bits per heavy atom. The minimum absolute atomic E-state index is 0.0628. The SMILES string of the molecule is C[C@H](NC(=O)[C@@H](C)OCC(F)(F)F)c1ccc2c(c1)NC(=O)CO2. The van der Waals surface area contributed by atoms with Crippen molar-refractivity contribution in [3.05, 3.63) is 23.8 Å². The van der Waals surface area contributed by atoms with Crippen molar-refractivity contribution in [3.63, 3.8) is 0 Å². The number of alkyl halides is 3. The number of hydrogen-bond donors (Lipinski definition) is 2. The molecular formula is C15H17F3N2O4. The van der Waals surface area contributed by atoms with Gasteiger partial charge < -0.3 is 20.1 Å². The second-order valence-electron chi connectivity index (χ2n) is 5.39. The number of anilines is 1. The first-order chi connectivity index (χ1) is 11.2. The van der Waals surface area contributed by atoms with Crippen LogP contribution in [0.3, 0.4) is 0 Å². The van der Waals surface area contributed by atoms with Crippen LogP contribution in [0.4, 0.5) is 18.9 Å². The second kappa shape index (κ2) is 7.08. The van der Waals surface area contributed by atoms with Gasteiger partial charge in [-0.3, -0.25) is 9.59 Å². The molecule has 1 heterocycles. The number of amides is 2. The molecule has 0 spiro atoms. The lowest BCUT2D eigenvalue weighted by Crippen LogP contribution is -2.37. The van der Waals surface area contributed by atoms with Gasteiger partial charge in [0.1, 0.15) is 18.5 Å². The van der Waals surface area contributed by atoms with Crippen LogP contribution < -0.4 is 15.4 Å². The summed E-state index contributed by atoms with van der Waals surface area (Å²) in [5.41, 5.74) is 1.14. The molecule has 1 aromatic carbocycles. The molecule has 0 aliphatic carbocycles. The van der Waals surface area contributed by atoms with Crippen molar-refractivity contribution in [1.29, 1.82) is 0 Å². The summed E-state index contributed by atoms with van der Waals surface area (Å²) in [6.07, 6.45) is -5.73. The smallest absolute Gasteiger partial charge is 0.411 e. The van der Waals surface area contributed by atoms with Gasteiger partial charge in [0, 0.05) is 0 Å². The average molecular weight is 346 g/mol. The Kier molecular flexibility index (Phi) is 5.33. The van der Waals surface area contributed by atoms with Gasteiger partial charge in [-0.05, 0) is 31.5 Å². The van der Waals surface area contributed by atoms with Gasteiger partial charge >= 0.3 is 6.18 Å². The van der Waals surface area contributed by atoms with E-state index < -0.39 is 30.8 Å². The molecular weight excluding hydrogens is 329 g/mol. The highest BCUT2D eigenvalue weighted by molar-refractivity contribution is 5.95. The van der Waals surface area contributed by atoms with Gasteiger partial charge in [-0.15, -0.1) is 0 Å². The highest BCUT2D eigenvalue weighted by atomic mass is 19.4. The average Bonchev–Trinajstić information content (AvgIpc) is 2.50. The summed E-state index contributed by atoms with van der Waals surface area (Å²) in [6, 6.07) is 4.50. The van der Waals surface area contributed by atoms with Crippen molar-refractivity contribution in [2.75, 3.05) is 18.5 Å². The molecule has 6 nitrogen and oxygen atoms in total. The number of hydrogen-bond acceptors (Lipinski definition) is 4. The van der Waals surface area contributed by atoms with E-state index in [0.717, 1.165) is 0 Å². The van der Waals surface area contributed by atoms with Gasteiger partial charge in [-0.2, -0.15) is 13.2 Å². The Morgan fingerprint density at radius 2 is 2.12 bits per heavy atom. The summed E-state index contributed by atoms with van der Waals surface area (Å²) >= 11 is 0. The Hall–Kier alpha value is -2.29. The van der Waals surface area contributed by atoms with Gasteiger partial charge in [0.25, 0.3) is 5.91 Å². The molecule has 0 unspecified atom stereocenters. The van der Waals surface area contributed by atoms with E-state index in [2.05, 4.69) is 15.4 Å². The molecule has 24 heavy (non-hydrogen) atoms. The summed E-state index contributed by atoms with van der Waals surface area (Å²) in [5, 5.41) is 5.21. The molecule has 0 aromatic heterocycles. The predicted molar refractivity (Wildman–Crippen MR) is 78.6 cm³/mol. The van der Waals surface area contributed by atoms with Crippen LogP contribution in [0.25, 0.3) is 0 Å². The quantitative estimate of drug-likeness (QED) is 0.857. The van der Waals surface area contributed by atoms with Crippen molar-refractivity contribution in [3.8, 4) is 5.75 Å². The van der Waals surface area contributed by atoms with E-state index in [4.69, 9.17) is 4.74 Å². The topological polar surface area (TPSA) is 76.7 Å². The van der Waals surface area contributed by atoms with Crippen molar-refractivity contribution in [1.82, 2.24) is 5.32 Å². The number of carbonyl (C=O) groups is 2. The third-order valence-electron chi connectivity index (χ3n) is 3.36. The molecule has 0 saturated heterocycles. The standard InChI is InChI=1S/C15H17F3N2O4/c1-8(19-14(22)9(2)24-7-15(16,17)18)10-3-4-12-11(5-10)20-13(21)6-23-12/h3-5,8-9H,6-7H2,1-2H3,(H,19,22)(H,20,21)/t8-,9+/m0/s1. The first-order valence-electron chi connectivity index (χ1n) is 7.21. The molecule has 9 heteroatoms. The first kappa shape index (κ1) is 18.1. The predicted octanol–water partition coefficient (Wildman–Crippen LogP) is 2.16. The van der Waals surface area contributed by atoms with E-state index in [9.17, 15) is 22.8 Å². The zero-order valence-electron chi connectivity index (χ0n) is 13.1. The lowest BCUT2D eigenvalue weighted by molar-refractivity contribution is -0.185. The monoisotopic (exact) mass is 346 g/mol. The summed E-state index contributed by atoms with van der Waals surface area (Å²) < 4.78 is 46.0. The van der Waals surface area contributed by atoms with E-state index in [1.54, 1.807) is 25.1 Å². The van der Waals surface area contributed by atoms with E-state index in [1.165, 1.54) is 6.92 Å². The molecule has 0 fully saturated rings. The Bertz CT molecular complexity index is 634. The number of halogens is 3. The summed E-state index contributed by atoms with van der Waals surface area (Å²) in [5.74, 6) is -0.436. The van der Waals surface area contributed by atoms with Crippen LogP contribution in [0.15, 0.2) is 18.2 Å². The van der Waals surface area contributed by atoms with Crippen molar-refractivity contribution >= 4 is 17.5 Å². The molecule has 1 aliphatic heterocycles. The second-order valence-corrected chi connectivity index (χ2v) is 5.39. The molecule has 0 radical (unpaired) electrons. The van der Waals surface area contributed by atoms with E-state index in [-0.39, 0.29) is 12.5 Å². The maximum atomic E-state index is 12.1. The number of fused-ring (bicyclic) bond motifs is 1. The highest BCUT2D eigenvalue weighted by Gasteiger charge is 2.30. The number of ether oxygens (including phenoxy) is 2. The lowest BCUT2D eigenvalue weighted by atomic mass is 10.1. The Labute approximate surface area is 136 Å². The van der Waals surface area contributed by atoms with E-state index >= 15 is 0 Å². The fourth-order valence-corrected chi connectivity index (χ4v) is 2.08. The van der Waals surface area contributed by atoms with Crippen molar-refractivity contribution in [2.24, 2.45) is 0 Å². The van der Waals surface area contributed by atoms with Crippen LogP contribution in [-0.2, 0) is 14.3 Å². The van der Waals surface area contributed by atoms with Gasteiger partial charge in [0.2, 0.25) is 5.91 Å². The number of nitrogens with one attached hydrogen (secondary N) is 2. The molecule has 0 bridgehead atoms. The van der Waals surface area contributed by atoms with Crippen LogP contribution in [0.1, 0.15) is 25.5 Å². The molecule has 0 saturated carbocycles. The van der Waals surface area contributed by atoms with Crippen LogP contribution in [-0.4, -0.2) is 37.3 Å². The van der Waals surface area contributed by atoms with Crippen LogP contribution in [0.2, 0.25) is 0 Å². The fourth-order valence-electron chi connectivity index (χ4n) is 2.08. The summed E-state index contributed by atoms with van der Waals surface area (Å²) in [4.78, 5) is 23.2. The third-order valence-corrected chi connectivity index (χ3v) is 3.36. The minimum atomic E-state index is -4.49. The van der Waals surface area contributed by atoms with E-state index in [1.807, 2.05) is 0 Å². The zero-order valence-corrected chi connectivity index (χ0v) is 13.1. The fraction of sp³-hybridized carbons (Fsp3) is 0.467. The Balaban J connectivity index is 1.96. The van der Waals surface area contributed by atoms with Crippen LogP contribution >= 0.6 is 0 Å². The van der Waals surface area contributed by atoms with Gasteiger partial charge in [0.15, 0.2) is 6.61 Å². The molecule has 1 aromatic rings. The zero-order chi connectivity index (χ0) is 17.9. The molecule has 1 aliphatic rings. The minimum Gasteiger partial charge on any atom is -0.482 e. The van der Waals surface area contributed by atoms with Gasteiger partial charge in [-0.1, -0.05) is 6.07 Å². The van der Waals surface area contributed by atoms with Gasteiger partial charge in [-0.25, -0.2) is 0 Å². The largest absolute Gasteiger partial charge is 0.482 e. The Morgan fingerprint density at radius 3 is 2.79 bits per heavy atom. The maximum absolute atomic E-state index is 12.1. The molecule has 2 atom stereocenters. The van der Waals surface area contributed by atoms with Crippen LogP contribution in [0.5, 0.6) is 5.75 Å². The maximum Gasteiger partial charge on any atom is 0.411 e. The first-order valence-corrected chi connectivity index (χ1v) is 7.21. The molecule has 132 valence electrons. The summed E-state index contributed by atoms with van der Waals surface area (Å²) in [6.45, 7) is 1.36. The molecule has 2 N–H and O–H groups in total. The third kappa shape index (κ3) is 4.85. The highest BCUT2D eigenvalue weighted by Crippen LogP contribution is 2.30. The number of benzene rings is 1. The number of rotatable bonds is 5. The van der Waals surface area contributed by atoms with Crippen LogP contribution in [0, 0.1) is 0 Å². The molecule has 2 rings (SSSR count). The van der Waals surface area contributed by atoms with Crippen molar-refractivity contribution in [2.45, 2.75) is 32.2 Å². The number of carbonyl (C=O) groups excluding carboxylic acids is 2. The van der Waals surface area contributed by atoms with Gasteiger partial charge in [0.05, 0.1) is 11.7 Å². The lowest BCUT2D eigenvalue weighted by Gasteiger charge is -2.22. The summed E-state index contributed by atoms with van der Waals surface area (Å²) in [7, 11) is 0. The van der Waals surface area contributed by atoms with E-state index in [0.29, 0.717) is 17.0 Å².